The van der Waals surface area contributed by atoms with Gasteiger partial charge in [-0.3, -0.25) is 0 Å². The Morgan fingerprint density at radius 1 is 1.38 bits per heavy atom. The van der Waals surface area contributed by atoms with E-state index in [1.807, 2.05) is 17.1 Å². The molecule has 0 saturated carbocycles. The highest BCUT2D eigenvalue weighted by Gasteiger charge is 2.01. The molecule has 0 saturated heterocycles. The lowest BCUT2D eigenvalue weighted by molar-refractivity contribution is 1.04. The van der Waals surface area contributed by atoms with Crippen LogP contribution >= 0.6 is 22.6 Å². The van der Waals surface area contributed by atoms with Crippen molar-refractivity contribution in [3.63, 3.8) is 0 Å². The second-order valence-corrected chi connectivity index (χ2v) is 4.02. The summed E-state index contributed by atoms with van der Waals surface area (Å²) in [4.78, 5) is 4.03. The van der Waals surface area contributed by atoms with Gasteiger partial charge in [-0.2, -0.15) is 0 Å². The van der Waals surface area contributed by atoms with Gasteiger partial charge in [-0.25, -0.2) is 4.98 Å². The van der Waals surface area contributed by atoms with Crippen molar-refractivity contribution in [2.24, 2.45) is 0 Å². The van der Waals surface area contributed by atoms with Crippen LogP contribution in [0.5, 0.6) is 0 Å². The Morgan fingerprint density at radius 3 is 2.92 bits per heavy atom. The molecule has 2 rings (SSSR count). The lowest BCUT2D eigenvalue weighted by Gasteiger charge is -2.07. The number of halogens is 1. The Balaban J connectivity index is 2.59. The Labute approximate surface area is 90.8 Å². The molecule has 1 aromatic heterocycles. The van der Waals surface area contributed by atoms with Crippen LogP contribution < -0.4 is 0 Å². The molecule has 3 heteroatoms. The normalized spacial score (nSPS) is 10.3. The van der Waals surface area contributed by atoms with Crippen LogP contribution in [-0.4, -0.2) is 9.55 Å². The molecule has 0 unspecified atom stereocenters. The van der Waals surface area contributed by atoms with E-state index in [1.54, 1.807) is 6.20 Å². The van der Waals surface area contributed by atoms with Crippen LogP contribution in [0.25, 0.3) is 5.69 Å². The van der Waals surface area contributed by atoms with Crippen molar-refractivity contribution >= 4 is 22.6 Å². The molecule has 0 radical (unpaired) electrons. The van der Waals surface area contributed by atoms with Crippen molar-refractivity contribution in [3.05, 3.63) is 46.1 Å². The van der Waals surface area contributed by atoms with Crippen molar-refractivity contribution in [2.75, 3.05) is 0 Å². The third kappa shape index (κ3) is 1.60. The van der Waals surface area contributed by atoms with Gasteiger partial charge in [0.1, 0.15) is 0 Å². The molecule has 1 heterocycles. The topological polar surface area (TPSA) is 17.8 Å². The first-order chi connectivity index (χ1) is 6.29. The van der Waals surface area contributed by atoms with Gasteiger partial charge in [0.25, 0.3) is 0 Å². The van der Waals surface area contributed by atoms with Gasteiger partial charge in [-0.05, 0) is 47.2 Å². The van der Waals surface area contributed by atoms with Gasteiger partial charge in [0.2, 0.25) is 0 Å². The molecular weight excluding hydrogens is 275 g/mol. The molecule has 66 valence electrons. The molecule has 0 atom stereocenters. The zero-order valence-corrected chi connectivity index (χ0v) is 9.39. The number of hydrogen-bond donors (Lipinski definition) is 0. The Morgan fingerprint density at radius 2 is 2.23 bits per heavy atom. The molecule has 2 nitrogen and oxygen atoms in total. The maximum Gasteiger partial charge on any atom is 0.0991 e. The third-order valence-electron chi connectivity index (χ3n) is 2.02. The quantitative estimate of drug-likeness (QED) is 0.736. The Kier molecular flexibility index (Phi) is 2.35. The second-order valence-electron chi connectivity index (χ2n) is 2.85. The van der Waals surface area contributed by atoms with Crippen molar-refractivity contribution < 1.29 is 0 Å². The van der Waals surface area contributed by atoms with E-state index >= 15 is 0 Å². The molecule has 13 heavy (non-hydrogen) atoms. The molecule has 1 aromatic carbocycles. The van der Waals surface area contributed by atoms with Crippen LogP contribution in [0, 0.1) is 10.5 Å². The molecule has 0 aliphatic rings. The highest BCUT2D eigenvalue weighted by atomic mass is 127. The maximum absolute atomic E-state index is 4.03. The summed E-state index contributed by atoms with van der Waals surface area (Å²) in [7, 11) is 0. The average Bonchev–Trinajstić information content (AvgIpc) is 2.62. The summed E-state index contributed by atoms with van der Waals surface area (Å²) in [6, 6.07) is 6.26. The molecule has 0 aliphatic heterocycles. The minimum absolute atomic E-state index is 1.20. The van der Waals surface area contributed by atoms with Crippen molar-refractivity contribution in [1.29, 1.82) is 0 Å². The molecule has 0 amide bonds. The minimum Gasteiger partial charge on any atom is -0.306 e. The largest absolute Gasteiger partial charge is 0.306 e. The highest BCUT2D eigenvalue weighted by molar-refractivity contribution is 14.1. The van der Waals surface area contributed by atoms with E-state index in [1.165, 1.54) is 14.8 Å². The molecule has 0 bridgehead atoms. The van der Waals surface area contributed by atoms with Crippen LogP contribution in [0.15, 0.2) is 36.9 Å². The van der Waals surface area contributed by atoms with Gasteiger partial charge >= 0.3 is 0 Å². The van der Waals surface area contributed by atoms with E-state index in [-0.39, 0.29) is 0 Å². The fourth-order valence-electron chi connectivity index (χ4n) is 1.28. The zero-order valence-electron chi connectivity index (χ0n) is 7.24. The highest BCUT2D eigenvalue weighted by Crippen LogP contribution is 2.18. The second kappa shape index (κ2) is 3.49. The first-order valence-corrected chi connectivity index (χ1v) is 5.10. The SMILES string of the molecule is Cc1c(I)cccc1-n1ccnc1. The predicted molar refractivity (Wildman–Crippen MR) is 61.0 cm³/mol. The summed E-state index contributed by atoms with van der Waals surface area (Å²) >= 11 is 2.34. The maximum atomic E-state index is 4.03. The van der Waals surface area contributed by atoms with E-state index in [4.69, 9.17) is 0 Å². The lowest BCUT2D eigenvalue weighted by Crippen LogP contribution is -1.94. The fourth-order valence-corrected chi connectivity index (χ4v) is 1.76. The number of aromatic nitrogens is 2. The summed E-state index contributed by atoms with van der Waals surface area (Å²) in [6.07, 6.45) is 5.57. The lowest BCUT2D eigenvalue weighted by atomic mass is 10.2. The molecule has 0 spiro atoms. The molecular formula is C10H9IN2. The number of hydrogen-bond acceptors (Lipinski definition) is 1. The monoisotopic (exact) mass is 284 g/mol. The van der Waals surface area contributed by atoms with Gasteiger partial charge in [0, 0.05) is 16.0 Å². The van der Waals surface area contributed by atoms with E-state index in [0.29, 0.717) is 0 Å². The first kappa shape index (κ1) is 8.74. The molecule has 0 fully saturated rings. The van der Waals surface area contributed by atoms with E-state index in [2.05, 4.69) is 52.7 Å². The summed E-state index contributed by atoms with van der Waals surface area (Å²) in [5, 5.41) is 0. The Bertz CT molecular complexity index is 407. The van der Waals surface area contributed by atoms with Crippen molar-refractivity contribution in [3.8, 4) is 5.69 Å². The van der Waals surface area contributed by atoms with Crippen molar-refractivity contribution in [1.82, 2.24) is 9.55 Å². The van der Waals surface area contributed by atoms with Crippen molar-refractivity contribution in [2.45, 2.75) is 6.92 Å². The summed E-state index contributed by atoms with van der Waals surface area (Å²) in [6.45, 7) is 2.12. The number of benzene rings is 1. The first-order valence-electron chi connectivity index (χ1n) is 4.02. The molecule has 0 N–H and O–H groups in total. The van der Waals surface area contributed by atoms with E-state index in [0.717, 1.165) is 0 Å². The summed E-state index contributed by atoms with van der Waals surface area (Å²) in [5.74, 6) is 0. The van der Waals surface area contributed by atoms with Gasteiger partial charge in [0.05, 0.1) is 12.0 Å². The number of nitrogens with zero attached hydrogens (tertiary/aromatic N) is 2. The average molecular weight is 284 g/mol. The van der Waals surface area contributed by atoms with Gasteiger partial charge in [-0.1, -0.05) is 6.07 Å². The van der Waals surface area contributed by atoms with Gasteiger partial charge in [-0.15, -0.1) is 0 Å². The predicted octanol–water partition coefficient (Wildman–Crippen LogP) is 2.79. The summed E-state index contributed by atoms with van der Waals surface area (Å²) in [5.41, 5.74) is 2.49. The van der Waals surface area contributed by atoms with Crippen LogP contribution in [0.4, 0.5) is 0 Å². The third-order valence-corrected chi connectivity index (χ3v) is 3.19. The standard InChI is InChI=1S/C10H9IN2/c1-8-9(11)3-2-4-10(8)13-6-5-12-7-13/h2-7H,1H3. The fraction of sp³-hybridized carbons (Fsp3) is 0.100. The Hall–Kier alpha value is -0.840. The van der Waals surface area contributed by atoms with Crippen LogP contribution in [-0.2, 0) is 0 Å². The zero-order chi connectivity index (χ0) is 9.26. The van der Waals surface area contributed by atoms with E-state index < -0.39 is 0 Å². The van der Waals surface area contributed by atoms with Crippen LogP contribution in [0.1, 0.15) is 5.56 Å². The minimum atomic E-state index is 1.20. The number of imidazole rings is 1. The van der Waals surface area contributed by atoms with E-state index in [9.17, 15) is 0 Å². The van der Waals surface area contributed by atoms with Crippen LogP contribution in [0.2, 0.25) is 0 Å². The molecule has 0 aliphatic carbocycles. The number of rotatable bonds is 1. The smallest absolute Gasteiger partial charge is 0.0991 e. The summed E-state index contributed by atoms with van der Waals surface area (Å²) < 4.78 is 3.31. The van der Waals surface area contributed by atoms with Gasteiger partial charge < -0.3 is 4.57 Å². The van der Waals surface area contributed by atoms with Gasteiger partial charge in [0.15, 0.2) is 0 Å². The molecule has 2 aromatic rings. The van der Waals surface area contributed by atoms with Crippen LogP contribution in [0.3, 0.4) is 0 Å².